The molecule has 1 saturated heterocycles. The monoisotopic (exact) mass is 478 g/mol. The van der Waals surface area contributed by atoms with Gasteiger partial charge in [-0.15, -0.1) is 0 Å². The molecular weight excluding hydrogens is 452 g/mol. The van der Waals surface area contributed by atoms with Crippen LogP contribution in [0.4, 0.5) is 0 Å². The number of carbonyl (C=O) groups excluding carboxylic acids is 1. The van der Waals surface area contributed by atoms with E-state index in [0.717, 1.165) is 22.6 Å². The van der Waals surface area contributed by atoms with Crippen molar-refractivity contribution in [2.75, 3.05) is 13.2 Å². The van der Waals surface area contributed by atoms with E-state index in [4.69, 9.17) is 17.0 Å². The van der Waals surface area contributed by atoms with Crippen LogP contribution >= 0.6 is 12.2 Å². The van der Waals surface area contributed by atoms with Gasteiger partial charge in [-0.05, 0) is 68.9 Å². The van der Waals surface area contributed by atoms with E-state index in [0.29, 0.717) is 10.8 Å². The highest BCUT2D eigenvalue weighted by atomic mass is 32.1. The normalized spacial score (nSPS) is 17.5. The van der Waals surface area contributed by atoms with E-state index >= 15 is 0 Å². The third kappa shape index (κ3) is 4.26. The molecule has 8 nitrogen and oxygen atoms in total. The maximum absolute atomic E-state index is 12.4. The number of aromatic carboxylic acids is 1. The Kier molecular flexibility index (Phi) is 6.65. The van der Waals surface area contributed by atoms with Crippen LogP contribution in [0.5, 0.6) is 0 Å². The Morgan fingerprint density at radius 3 is 2.59 bits per heavy atom. The molecule has 3 aromatic rings. The standard InChI is InChI=1S/C25H26N4O4S/c1-4-33-21(30)14-28-23(22(27-25(28)34)19-10-7-8-12-26-19)18-13-15(2)29(16(18)3)20-11-6-5-9-17(20)24(31)32/h5-13,22-23H,4,14H2,1-3H3,(H,27,34)(H,31,32)/t22-,23+/m0/s1. The Balaban J connectivity index is 1.85. The Labute approximate surface area is 203 Å². The molecular formula is C25H26N4O4S. The molecule has 0 amide bonds. The summed E-state index contributed by atoms with van der Waals surface area (Å²) in [5.74, 6) is -1.37. The number of carboxylic acid groups (broad SMARTS) is 1. The van der Waals surface area contributed by atoms with Gasteiger partial charge in [0, 0.05) is 17.6 Å². The Hall–Kier alpha value is -3.72. The van der Waals surface area contributed by atoms with Gasteiger partial charge in [0.05, 0.1) is 35.6 Å². The molecule has 9 heteroatoms. The zero-order chi connectivity index (χ0) is 24.4. The van der Waals surface area contributed by atoms with Crippen LogP contribution in [0.2, 0.25) is 0 Å². The molecule has 1 fully saturated rings. The molecule has 1 aliphatic rings. The van der Waals surface area contributed by atoms with Crippen LogP contribution < -0.4 is 5.32 Å². The number of rotatable bonds is 7. The molecule has 2 atom stereocenters. The number of carbonyl (C=O) groups is 2. The van der Waals surface area contributed by atoms with Crippen LogP contribution in [-0.4, -0.2) is 49.8 Å². The van der Waals surface area contributed by atoms with Crippen molar-refractivity contribution in [2.24, 2.45) is 0 Å². The Morgan fingerprint density at radius 2 is 1.91 bits per heavy atom. The summed E-state index contributed by atoms with van der Waals surface area (Å²) in [6.07, 6.45) is 1.72. The van der Waals surface area contributed by atoms with Crippen molar-refractivity contribution in [3.05, 3.63) is 82.9 Å². The molecule has 176 valence electrons. The number of aromatic nitrogens is 2. The summed E-state index contributed by atoms with van der Waals surface area (Å²) < 4.78 is 7.12. The van der Waals surface area contributed by atoms with Gasteiger partial charge >= 0.3 is 11.9 Å². The number of para-hydroxylation sites is 1. The third-order valence-electron chi connectivity index (χ3n) is 5.97. The van der Waals surface area contributed by atoms with Gasteiger partial charge in [0.25, 0.3) is 0 Å². The number of carboxylic acids is 1. The summed E-state index contributed by atoms with van der Waals surface area (Å²) in [4.78, 5) is 30.7. The van der Waals surface area contributed by atoms with Gasteiger partial charge in [0.15, 0.2) is 5.11 Å². The van der Waals surface area contributed by atoms with Crippen molar-refractivity contribution in [3.8, 4) is 5.69 Å². The zero-order valence-corrected chi connectivity index (χ0v) is 20.0. The number of nitrogens with zero attached hydrogens (tertiary/aromatic N) is 3. The van der Waals surface area contributed by atoms with E-state index in [-0.39, 0.29) is 36.8 Å². The summed E-state index contributed by atoms with van der Waals surface area (Å²) in [5, 5.41) is 13.5. The van der Waals surface area contributed by atoms with E-state index in [9.17, 15) is 14.7 Å². The average molecular weight is 479 g/mol. The largest absolute Gasteiger partial charge is 0.478 e. The maximum Gasteiger partial charge on any atom is 0.337 e. The topological polar surface area (TPSA) is 96.7 Å². The van der Waals surface area contributed by atoms with E-state index in [1.165, 1.54) is 0 Å². The fraction of sp³-hybridized carbons (Fsp3) is 0.280. The van der Waals surface area contributed by atoms with Crippen molar-refractivity contribution in [1.82, 2.24) is 19.8 Å². The molecule has 3 heterocycles. The second-order valence-electron chi connectivity index (χ2n) is 8.04. The number of esters is 1. The molecule has 34 heavy (non-hydrogen) atoms. The predicted octanol–water partition coefficient (Wildman–Crippen LogP) is 3.72. The Morgan fingerprint density at radius 1 is 1.18 bits per heavy atom. The molecule has 0 aliphatic carbocycles. The maximum atomic E-state index is 12.4. The van der Waals surface area contributed by atoms with Gasteiger partial charge in [-0.25, -0.2) is 4.79 Å². The van der Waals surface area contributed by atoms with E-state index < -0.39 is 5.97 Å². The number of hydrogen-bond donors (Lipinski definition) is 2. The van der Waals surface area contributed by atoms with Crippen molar-refractivity contribution < 1.29 is 19.4 Å². The molecule has 2 aromatic heterocycles. The van der Waals surface area contributed by atoms with Crippen molar-refractivity contribution >= 4 is 29.3 Å². The van der Waals surface area contributed by atoms with Crippen molar-refractivity contribution in [3.63, 3.8) is 0 Å². The molecule has 1 aliphatic heterocycles. The first-order chi connectivity index (χ1) is 16.3. The molecule has 4 rings (SSSR count). The summed E-state index contributed by atoms with van der Waals surface area (Å²) in [6, 6.07) is 13.9. The van der Waals surface area contributed by atoms with E-state index in [1.807, 2.05) is 53.6 Å². The van der Waals surface area contributed by atoms with Crippen LogP contribution in [0.3, 0.4) is 0 Å². The molecule has 0 radical (unpaired) electrons. The minimum absolute atomic E-state index is 0.0109. The fourth-order valence-corrected chi connectivity index (χ4v) is 4.87. The SMILES string of the molecule is CCOC(=O)CN1C(=S)N[C@@H](c2ccccn2)[C@H]1c1cc(C)n(-c2ccccc2C(=O)O)c1C. The first kappa shape index (κ1) is 23.4. The lowest BCUT2D eigenvalue weighted by Gasteiger charge is -2.27. The number of pyridine rings is 1. The quantitative estimate of drug-likeness (QED) is 0.392. The average Bonchev–Trinajstić information content (AvgIpc) is 3.29. The van der Waals surface area contributed by atoms with Crippen LogP contribution in [0.1, 0.15) is 52.0 Å². The molecule has 2 N–H and O–H groups in total. The number of aryl methyl sites for hydroxylation is 1. The summed E-state index contributed by atoms with van der Waals surface area (Å²) in [5.41, 5.74) is 4.23. The first-order valence-electron chi connectivity index (χ1n) is 11.0. The van der Waals surface area contributed by atoms with Gasteiger partial charge in [-0.1, -0.05) is 18.2 Å². The highest BCUT2D eigenvalue weighted by Crippen LogP contribution is 2.41. The van der Waals surface area contributed by atoms with Crippen molar-refractivity contribution in [1.29, 1.82) is 0 Å². The first-order valence-corrected chi connectivity index (χ1v) is 11.4. The lowest BCUT2D eigenvalue weighted by Crippen LogP contribution is -2.35. The van der Waals surface area contributed by atoms with Gasteiger partial charge in [-0.2, -0.15) is 0 Å². The summed E-state index contributed by atoms with van der Waals surface area (Å²) >= 11 is 5.62. The van der Waals surface area contributed by atoms with Gasteiger partial charge < -0.3 is 24.6 Å². The number of ether oxygens (including phenoxy) is 1. The van der Waals surface area contributed by atoms with Crippen LogP contribution in [-0.2, 0) is 9.53 Å². The lowest BCUT2D eigenvalue weighted by atomic mass is 9.96. The predicted molar refractivity (Wildman–Crippen MR) is 131 cm³/mol. The minimum atomic E-state index is -0.997. The second kappa shape index (κ2) is 9.64. The smallest absolute Gasteiger partial charge is 0.337 e. The Bertz CT molecular complexity index is 1240. The number of thiocarbonyl (C=S) groups is 1. The molecule has 1 aromatic carbocycles. The summed E-state index contributed by atoms with van der Waals surface area (Å²) in [6.45, 7) is 5.91. The van der Waals surface area contributed by atoms with Gasteiger partial charge in [0.1, 0.15) is 6.54 Å². The highest BCUT2D eigenvalue weighted by molar-refractivity contribution is 7.80. The van der Waals surface area contributed by atoms with E-state index in [1.54, 1.807) is 31.3 Å². The summed E-state index contributed by atoms with van der Waals surface area (Å²) in [7, 11) is 0. The highest BCUT2D eigenvalue weighted by Gasteiger charge is 2.42. The second-order valence-corrected chi connectivity index (χ2v) is 8.43. The van der Waals surface area contributed by atoms with Gasteiger partial charge in [-0.3, -0.25) is 9.78 Å². The number of hydrogen-bond acceptors (Lipinski definition) is 5. The zero-order valence-electron chi connectivity index (χ0n) is 19.2. The molecule has 0 bridgehead atoms. The van der Waals surface area contributed by atoms with Crippen LogP contribution in [0.25, 0.3) is 5.69 Å². The van der Waals surface area contributed by atoms with Gasteiger partial charge in [0.2, 0.25) is 0 Å². The van der Waals surface area contributed by atoms with Crippen LogP contribution in [0.15, 0.2) is 54.7 Å². The van der Waals surface area contributed by atoms with E-state index in [2.05, 4.69) is 10.3 Å². The van der Waals surface area contributed by atoms with Crippen molar-refractivity contribution in [2.45, 2.75) is 32.9 Å². The molecule has 0 unspecified atom stereocenters. The number of benzene rings is 1. The number of nitrogens with one attached hydrogen (secondary N) is 1. The third-order valence-corrected chi connectivity index (χ3v) is 6.32. The molecule has 0 spiro atoms. The minimum Gasteiger partial charge on any atom is -0.478 e. The molecule has 0 saturated carbocycles. The van der Waals surface area contributed by atoms with Crippen LogP contribution in [0, 0.1) is 13.8 Å². The fourth-order valence-electron chi connectivity index (χ4n) is 4.57. The lowest BCUT2D eigenvalue weighted by molar-refractivity contribution is -0.143.